The topological polar surface area (TPSA) is 56.8 Å². The number of allylic oxidation sites excluding steroid dienone is 1. The average Bonchev–Trinajstić information content (AvgIpc) is 2.42. The Balaban J connectivity index is 3.03. The SMILES string of the molecule is CCCOc1ccc(C=C(C#N)C#N)cc1CCl. The van der Waals surface area contributed by atoms with Gasteiger partial charge in [0, 0.05) is 5.56 Å². The Labute approximate surface area is 112 Å². The number of rotatable bonds is 5. The minimum atomic E-state index is 0.0674. The van der Waals surface area contributed by atoms with Crippen molar-refractivity contribution in [3.63, 3.8) is 0 Å². The van der Waals surface area contributed by atoms with Gasteiger partial charge in [0.05, 0.1) is 12.5 Å². The molecule has 0 aromatic heterocycles. The summed E-state index contributed by atoms with van der Waals surface area (Å²) in [5, 5.41) is 17.4. The van der Waals surface area contributed by atoms with Gasteiger partial charge in [-0.05, 0) is 30.2 Å². The lowest BCUT2D eigenvalue weighted by Crippen LogP contribution is -1.98. The molecule has 18 heavy (non-hydrogen) atoms. The van der Waals surface area contributed by atoms with E-state index < -0.39 is 0 Å². The summed E-state index contributed by atoms with van der Waals surface area (Å²) >= 11 is 5.86. The predicted octanol–water partition coefficient (Wildman–Crippen LogP) is 3.64. The number of alkyl halides is 1. The lowest BCUT2D eigenvalue weighted by molar-refractivity contribution is 0.315. The van der Waals surface area contributed by atoms with Gasteiger partial charge in [-0.1, -0.05) is 13.0 Å². The zero-order valence-corrected chi connectivity index (χ0v) is 10.9. The first kappa shape index (κ1) is 14.1. The second-order valence-electron chi connectivity index (χ2n) is 3.63. The van der Waals surface area contributed by atoms with E-state index in [1.54, 1.807) is 6.07 Å². The Morgan fingerprint density at radius 1 is 1.39 bits per heavy atom. The van der Waals surface area contributed by atoms with Crippen LogP contribution in [-0.2, 0) is 5.88 Å². The molecule has 0 aliphatic rings. The molecule has 0 aliphatic heterocycles. The number of ether oxygens (including phenoxy) is 1. The standard InChI is InChI=1S/C14H13ClN2O/c1-2-5-18-14-4-3-11(7-13(14)8-15)6-12(9-16)10-17/h3-4,6-7H,2,5,8H2,1H3. The summed E-state index contributed by atoms with van der Waals surface area (Å²) in [4.78, 5) is 0. The van der Waals surface area contributed by atoms with E-state index in [9.17, 15) is 0 Å². The number of nitriles is 2. The van der Waals surface area contributed by atoms with E-state index in [0.717, 1.165) is 23.3 Å². The Morgan fingerprint density at radius 2 is 2.11 bits per heavy atom. The van der Waals surface area contributed by atoms with Crippen molar-refractivity contribution in [3.05, 3.63) is 34.9 Å². The molecule has 1 aromatic rings. The van der Waals surface area contributed by atoms with Crippen molar-refractivity contribution in [2.75, 3.05) is 6.61 Å². The molecule has 1 aromatic carbocycles. The van der Waals surface area contributed by atoms with Crippen LogP contribution in [0, 0.1) is 22.7 Å². The average molecular weight is 261 g/mol. The summed E-state index contributed by atoms with van der Waals surface area (Å²) in [6, 6.07) is 9.08. The van der Waals surface area contributed by atoms with Crippen LogP contribution in [0.5, 0.6) is 5.75 Å². The minimum absolute atomic E-state index is 0.0674. The molecule has 0 spiro atoms. The first-order valence-corrected chi connectivity index (χ1v) is 6.12. The van der Waals surface area contributed by atoms with Gasteiger partial charge in [0.1, 0.15) is 23.5 Å². The van der Waals surface area contributed by atoms with Gasteiger partial charge in [-0.2, -0.15) is 10.5 Å². The molecule has 92 valence electrons. The molecule has 0 amide bonds. The highest BCUT2D eigenvalue weighted by Gasteiger charge is 2.04. The Morgan fingerprint density at radius 3 is 2.67 bits per heavy atom. The van der Waals surface area contributed by atoms with Crippen molar-refractivity contribution >= 4 is 17.7 Å². The second kappa shape index (κ2) is 7.37. The van der Waals surface area contributed by atoms with Gasteiger partial charge < -0.3 is 4.74 Å². The van der Waals surface area contributed by atoms with Crippen molar-refractivity contribution in [2.24, 2.45) is 0 Å². The van der Waals surface area contributed by atoms with E-state index in [2.05, 4.69) is 0 Å². The molecule has 0 bridgehead atoms. The second-order valence-corrected chi connectivity index (χ2v) is 3.90. The molecule has 0 unspecified atom stereocenters. The number of nitrogens with zero attached hydrogens (tertiary/aromatic N) is 2. The molecule has 0 fully saturated rings. The summed E-state index contributed by atoms with van der Waals surface area (Å²) < 4.78 is 5.55. The quantitative estimate of drug-likeness (QED) is 0.600. The number of hydrogen-bond donors (Lipinski definition) is 0. The van der Waals surface area contributed by atoms with E-state index in [1.165, 1.54) is 6.08 Å². The number of hydrogen-bond acceptors (Lipinski definition) is 3. The smallest absolute Gasteiger partial charge is 0.130 e. The molecule has 4 heteroatoms. The maximum Gasteiger partial charge on any atom is 0.130 e. The third-order valence-electron chi connectivity index (χ3n) is 2.24. The first-order valence-electron chi connectivity index (χ1n) is 5.58. The van der Waals surface area contributed by atoms with Crippen LogP contribution in [0.4, 0.5) is 0 Å². The lowest BCUT2D eigenvalue weighted by atomic mass is 10.1. The van der Waals surface area contributed by atoms with Crippen LogP contribution < -0.4 is 4.74 Å². The fourth-order valence-corrected chi connectivity index (χ4v) is 1.61. The van der Waals surface area contributed by atoms with Gasteiger partial charge in [-0.3, -0.25) is 0 Å². The normalized spacial score (nSPS) is 9.11. The van der Waals surface area contributed by atoms with E-state index in [-0.39, 0.29) is 5.57 Å². The molecule has 0 N–H and O–H groups in total. The summed E-state index contributed by atoms with van der Waals surface area (Å²) in [6.45, 7) is 2.67. The molecule has 3 nitrogen and oxygen atoms in total. The number of benzene rings is 1. The van der Waals surface area contributed by atoms with Crippen LogP contribution in [0.2, 0.25) is 0 Å². The summed E-state index contributed by atoms with van der Waals surface area (Å²) in [5.74, 6) is 1.08. The zero-order valence-electron chi connectivity index (χ0n) is 10.1. The number of halogens is 1. The maximum atomic E-state index is 8.69. The Bertz CT molecular complexity index is 508. The van der Waals surface area contributed by atoms with Crippen molar-refractivity contribution < 1.29 is 4.74 Å². The van der Waals surface area contributed by atoms with Crippen molar-refractivity contribution in [3.8, 4) is 17.9 Å². The maximum absolute atomic E-state index is 8.69. The third-order valence-corrected chi connectivity index (χ3v) is 2.53. The molecule has 0 heterocycles. The molecule has 0 saturated carbocycles. The summed E-state index contributed by atoms with van der Waals surface area (Å²) in [6.07, 6.45) is 2.45. The van der Waals surface area contributed by atoms with Crippen molar-refractivity contribution in [1.82, 2.24) is 0 Å². The van der Waals surface area contributed by atoms with Crippen LogP contribution >= 0.6 is 11.6 Å². The first-order chi connectivity index (χ1) is 8.74. The van der Waals surface area contributed by atoms with Gasteiger partial charge in [-0.25, -0.2) is 0 Å². The molecule has 0 saturated heterocycles. The van der Waals surface area contributed by atoms with E-state index >= 15 is 0 Å². The van der Waals surface area contributed by atoms with Gasteiger partial charge in [0.2, 0.25) is 0 Å². The Hall–Kier alpha value is -1.97. The fourth-order valence-electron chi connectivity index (χ4n) is 1.40. The van der Waals surface area contributed by atoms with Gasteiger partial charge >= 0.3 is 0 Å². The molecule has 0 radical (unpaired) electrons. The third kappa shape index (κ3) is 3.80. The van der Waals surface area contributed by atoms with Crippen LogP contribution in [0.3, 0.4) is 0 Å². The van der Waals surface area contributed by atoms with Gasteiger partial charge in [0.25, 0.3) is 0 Å². The zero-order chi connectivity index (χ0) is 13.4. The molecular formula is C14H13ClN2O. The largest absolute Gasteiger partial charge is 0.493 e. The highest BCUT2D eigenvalue weighted by Crippen LogP contribution is 2.23. The van der Waals surface area contributed by atoms with Crippen LogP contribution in [0.15, 0.2) is 23.8 Å². The van der Waals surface area contributed by atoms with Gasteiger partial charge in [-0.15, -0.1) is 11.6 Å². The highest BCUT2D eigenvalue weighted by atomic mass is 35.5. The van der Waals surface area contributed by atoms with E-state index in [1.807, 2.05) is 31.2 Å². The molecule has 0 aliphatic carbocycles. The van der Waals surface area contributed by atoms with Crippen LogP contribution in [0.1, 0.15) is 24.5 Å². The predicted molar refractivity (Wildman–Crippen MR) is 71.0 cm³/mol. The minimum Gasteiger partial charge on any atom is -0.493 e. The fraction of sp³-hybridized carbons (Fsp3) is 0.286. The van der Waals surface area contributed by atoms with E-state index in [4.69, 9.17) is 26.9 Å². The van der Waals surface area contributed by atoms with E-state index in [0.29, 0.717) is 12.5 Å². The molecular weight excluding hydrogens is 248 g/mol. The van der Waals surface area contributed by atoms with Crippen LogP contribution in [-0.4, -0.2) is 6.61 Å². The summed E-state index contributed by atoms with van der Waals surface area (Å²) in [7, 11) is 0. The molecule has 1 rings (SSSR count). The van der Waals surface area contributed by atoms with Gasteiger partial charge in [0.15, 0.2) is 0 Å². The molecule has 0 atom stereocenters. The lowest BCUT2D eigenvalue weighted by Gasteiger charge is -2.09. The van der Waals surface area contributed by atoms with Crippen LogP contribution in [0.25, 0.3) is 6.08 Å². The monoisotopic (exact) mass is 260 g/mol. The highest BCUT2D eigenvalue weighted by molar-refractivity contribution is 6.17. The van der Waals surface area contributed by atoms with Crippen molar-refractivity contribution in [2.45, 2.75) is 19.2 Å². The summed E-state index contributed by atoms with van der Waals surface area (Å²) in [5.41, 5.74) is 1.69. The Kier molecular flexibility index (Phi) is 5.77. The van der Waals surface area contributed by atoms with Crippen molar-refractivity contribution in [1.29, 1.82) is 10.5 Å².